The first kappa shape index (κ1) is 50.7. The summed E-state index contributed by atoms with van der Waals surface area (Å²) in [6, 6.07) is 18.8. The maximum absolute atomic E-state index is 12.6. The number of allylic oxidation sites excluding steroid dienone is 3. The molecule has 3 heterocycles. The Bertz CT molecular complexity index is 2480. The van der Waals surface area contributed by atoms with Crippen LogP contribution in [0.4, 0.5) is 0 Å². The van der Waals surface area contributed by atoms with Crippen LogP contribution in [0, 0.1) is 58.2 Å². The van der Waals surface area contributed by atoms with E-state index < -0.39 is 47.6 Å². The van der Waals surface area contributed by atoms with E-state index in [1.54, 1.807) is 21.6 Å². The van der Waals surface area contributed by atoms with E-state index in [1.807, 2.05) is 24.4 Å². The number of ether oxygens (including phenoxy) is 1. The van der Waals surface area contributed by atoms with Gasteiger partial charge in [-0.15, -0.1) is 0 Å². The summed E-state index contributed by atoms with van der Waals surface area (Å²) in [5, 5.41) is 74.5. The Morgan fingerprint density at radius 1 is 0.901 bits per heavy atom. The Morgan fingerprint density at radius 2 is 1.72 bits per heavy atom. The van der Waals surface area contributed by atoms with Crippen molar-refractivity contribution in [2.75, 3.05) is 31.3 Å². The van der Waals surface area contributed by atoms with E-state index in [2.05, 4.69) is 77.6 Å². The summed E-state index contributed by atoms with van der Waals surface area (Å²) in [5.74, 6) is 8.84. The van der Waals surface area contributed by atoms with Crippen molar-refractivity contribution in [2.45, 2.75) is 139 Å². The summed E-state index contributed by atoms with van der Waals surface area (Å²) in [4.78, 5) is 3.38. The van der Waals surface area contributed by atoms with Gasteiger partial charge >= 0.3 is 0 Å². The van der Waals surface area contributed by atoms with Gasteiger partial charge in [0.15, 0.2) is 11.5 Å². The highest BCUT2D eigenvalue weighted by atomic mass is 33.1. The van der Waals surface area contributed by atoms with Crippen molar-refractivity contribution < 1.29 is 35.4 Å². The maximum Gasteiger partial charge on any atom is 0.161 e. The molecule has 5 aliphatic carbocycles. The van der Waals surface area contributed by atoms with Gasteiger partial charge < -0.3 is 51.4 Å². The Labute approximate surface area is 429 Å². The van der Waals surface area contributed by atoms with Crippen molar-refractivity contribution in [3.8, 4) is 23.3 Å². The molecule has 10 N–H and O–H groups in total. The SMILES string of the molecule is CC[C@@H]1Cc2cc(O)c(O[C@H]3C[C@@H](Cc4ccc[nH]4)C4=CCNC(N)=C4CSSC[C@H](CO)[C@@H]3O)cc2[C@H]2C[C@@H](O)[C@@H]3[C@@H](C#C[C@]4(CCCC[C@@H]3O)C[C@H](c3ccccc3)CC3(CCCC3)[C@@H]4CO)C=C12. The summed E-state index contributed by atoms with van der Waals surface area (Å²) in [6.45, 7) is 2.70. The first-order chi connectivity index (χ1) is 34.5. The van der Waals surface area contributed by atoms with Crippen LogP contribution in [-0.2, 0) is 12.8 Å². The molecule has 0 bridgehead atoms. The van der Waals surface area contributed by atoms with E-state index in [1.165, 1.54) is 24.0 Å². The number of aromatic hydroxyl groups is 1. The molecule has 0 radical (unpaired) electrons. The number of benzene rings is 2. The second kappa shape index (κ2) is 22.0. The molecule has 13 atom stereocenters. The summed E-state index contributed by atoms with van der Waals surface area (Å²) < 4.78 is 6.96. The van der Waals surface area contributed by atoms with Crippen LogP contribution in [0.3, 0.4) is 0 Å². The van der Waals surface area contributed by atoms with E-state index in [-0.39, 0.29) is 53.8 Å². The average Bonchev–Trinajstić information content (AvgIpc) is 4.04. The largest absolute Gasteiger partial charge is 0.504 e. The molecule has 382 valence electrons. The lowest BCUT2D eigenvalue weighted by atomic mass is 9.49. The predicted octanol–water partition coefficient (Wildman–Crippen LogP) is 9.04. The van der Waals surface area contributed by atoms with Crippen LogP contribution in [0.5, 0.6) is 11.5 Å². The molecule has 3 aromatic rings. The zero-order valence-electron chi connectivity index (χ0n) is 41.5. The van der Waals surface area contributed by atoms with Gasteiger partial charge in [0.1, 0.15) is 11.9 Å². The van der Waals surface area contributed by atoms with Crippen molar-refractivity contribution in [3.05, 3.63) is 118 Å². The van der Waals surface area contributed by atoms with E-state index in [4.69, 9.17) is 10.5 Å². The lowest BCUT2D eigenvalue weighted by Gasteiger charge is -2.54. The Kier molecular flexibility index (Phi) is 15.7. The third-order valence-electron chi connectivity index (χ3n) is 18.5. The maximum atomic E-state index is 12.6. The van der Waals surface area contributed by atoms with Crippen LogP contribution in [0.15, 0.2) is 95.5 Å². The zero-order valence-corrected chi connectivity index (χ0v) is 43.1. The lowest BCUT2D eigenvalue weighted by Crippen LogP contribution is -2.49. The molecule has 7 aliphatic rings. The number of phenols is 1. The second-order valence-electron chi connectivity index (χ2n) is 22.4. The molecular weight excluding hydrogens is 927 g/mol. The molecule has 71 heavy (non-hydrogen) atoms. The summed E-state index contributed by atoms with van der Waals surface area (Å²) in [7, 11) is 3.27. The van der Waals surface area contributed by atoms with Crippen LogP contribution in [0.1, 0.15) is 125 Å². The highest BCUT2D eigenvalue weighted by Crippen LogP contribution is 2.64. The number of phenolic OH excluding ortho intramolecular Hbond substituents is 1. The molecule has 3 fully saturated rings. The van der Waals surface area contributed by atoms with Crippen LogP contribution in [-0.4, -0.2) is 91.3 Å². The number of aliphatic hydroxyl groups is 5. The normalized spacial score (nSPS) is 35.2. The molecule has 2 spiro atoms. The minimum atomic E-state index is -1.05. The summed E-state index contributed by atoms with van der Waals surface area (Å²) in [5.41, 5.74) is 14.1. The number of hydrogen-bond acceptors (Lipinski definition) is 11. The molecule has 12 heteroatoms. The van der Waals surface area contributed by atoms with E-state index in [0.29, 0.717) is 61.9 Å². The zero-order chi connectivity index (χ0) is 49.3. The van der Waals surface area contributed by atoms with Gasteiger partial charge in [-0.3, -0.25) is 0 Å². The van der Waals surface area contributed by atoms with E-state index in [0.717, 1.165) is 79.3 Å². The Morgan fingerprint density at radius 3 is 2.48 bits per heavy atom. The van der Waals surface area contributed by atoms with Gasteiger partial charge in [-0.1, -0.05) is 114 Å². The number of nitrogens with two attached hydrogens (primary N) is 1. The quantitative estimate of drug-likeness (QED) is 0.0596. The first-order valence-electron chi connectivity index (χ1n) is 26.9. The van der Waals surface area contributed by atoms with Gasteiger partial charge in [-0.05, 0) is 140 Å². The van der Waals surface area contributed by atoms with Crippen molar-refractivity contribution in [2.24, 2.45) is 52.1 Å². The molecular formula is C59H77N3O7S2. The summed E-state index contributed by atoms with van der Waals surface area (Å²) in [6.07, 6.45) is 15.8. The number of rotatable bonds is 8. The van der Waals surface area contributed by atoms with Gasteiger partial charge in [0.25, 0.3) is 0 Å². The number of aromatic nitrogens is 1. The van der Waals surface area contributed by atoms with Gasteiger partial charge in [-0.2, -0.15) is 0 Å². The Hall–Kier alpha value is -3.80. The fourth-order valence-electron chi connectivity index (χ4n) is 14.9. The van der Waals surface area contributed by atoms with Gasteiger partial charge in [0, 0.05) is 83.7 Å². The number of hydrogen-bond donors (Lipinski definition) is 9. The van der Waals surface area contributed by atoms with E-state index >= 15 is 0 Å². The van der Waals surface area contributed by atoms with Crippen LogP contribution >= 0.6 is 21.6 Å². The number of fused-ring (bicyclic) bond motifs is 5. The Balaban J connectivity index is 1.03. The van der Waals surface area contributed by atoms with Crippen molar-refractivity contribution in [1.82, 2.24) is 10.3 Å². The minimum absolute atomic E-state index is 0.000444. The third-order valence-corrected chi connectivity index (χ3v) is 20.9. The van der Waals surface area contributed by atoms with Crippen LogP contribution in [0.25, 0.3) is 0 Å². The average molecular weight is 1000 g/mol. The number of aliphatic hydroxyl groups excluding tert-OH is 5. The monoisotopic (exact) mass is 1000 g/mol. The number of dihydropyridines is 1. The molecule has 1 saturated heterocycles. The third kappa shape index (κ3) is 10.2. The highest BCUT2D eigenvalue weighted by molar-refractivity contribution is 8.76. The second-order valence-corrected chi connectivity index (χ2v) is 24.9. The number of H-pyrrole nitrogens is 1. The molecule has 1 aromatic heterocycles. The molecule has 0 amide bonds. The molecule has 2 aliphatic heterocycles. The minimum Gasteiger partial charge on any atom is -0.504 e. The van der Waals surface area contributed by atoms with Gasteiger partial charge in [0.05, 0.1) is 18.3 Å². The molecule has 2 aromatic carbocycles. The number of nitrogens with one attached hydrogen (secondary N) is 2. The van der Waals surface area contributed by atoms with Gasteiger partial charge in [0.2, 0.25) is 0 Å². The van der Waals surface area contributed by atoms with Crippen molar-refractivity contribution in [3.63, 3.8) is 0 Å². The van der Waals surface area contributed by atoms with Crippen molar-refractivity contribution >= 4 is 21.6 Å². The fourth-order valence-corrected chi connectivity index (χ4v) is 17.4. The molecule has 0 unspecified atom stereocenters. The van der Waals surface area contributed by atoms with Crippen molar-refractivity contribution in [1.29, 1.82) is 0 Å². The molecule has 10 nitrogen and oxygen atoms in total. The summed E-state index contributed by atoms with van der Waals surface area (Å²) >= 11 is 0. The predicted molar refractivity (Wildman–Crippen MR) is 284 cm³/mol. The number of aromatic amines is 1. The fraction of sp³-hybridized carbons (Fsp3) is 0.593. The topological polar surface area (TPSA) is 184 Å². The van der Waals surface area contributed by atoms with E-state index in [9.17, 15) is 30.6 Å². The smallest absolute Gasteiger partial charge is 0.161 e. The highest BCUT2D eigenvalue weighted by Gasteiger charge is 2.56. The van der Waals surface area contributed by atoms with Crippen LogP contribution < -0.4 is 15.8 Å². The molecule has 10 rings (SSSR count). The lowest BCUT2D eigenvalue weighted by molar-refractivity contribution is -0.0468. The standard InChI is InChI=1S/C59H77N3O7S2/c1-2-36-23-39-26-50(66)52(69-53-27-40(24-43-13-10-21-61-43)44-16-22-62-57(60)48(44)35-71-70-34-42(32-63)56(53)68)29-46(39)47-28-51(67)55-38(25-45(36)47)15-20-59(17-7-6-14-49(55)65)31-41(37-11-4-3-5-12-37)30-58(54(59)33-64)18-8-9-19-58/h3-5,10-13,16,21,25-26,29,36,38,40-42,47,49,51,53-56,61-68H,2,6-9,14,17-19,22-24,27-28,30-35,60H2,1H3/t36-,38+,40-,41-,42+,47+,49+,51-,53+,54+,55-,56+,59-/m1/s1. The molecule has 2 saturated carbocycles. The van der Waals surface area contributed by atoms with Gasteiger partial charge in [-0.25, -0.2) is 0 Å². The first-order valence-corrected chi connectivity index (χ1v) is 29.4. The van der Waals surface area contributed by atoms with Crippen LogP contribution in [0.2, 0.25) is 0 Å².